The Balaban J connectivity index is 1.85. The van der Waals surface area contributed by atoms with Crippen LogP contribution in [0.5, 0.6) is 11.5 Å². The van der Waals surface area contributed by atoms with Gasteiger partial charge in [0.15, 0.2) is 0 Å². The largest absolute Gasteiger partial charge is 0.495 e. The van der Waals surface area contributed by atoms with E-state index >= 15 is 0 Å². The second-order valence-electron chi connectivity index (χ2n) is 5.86. The third-order valence-corrected chi connectivity index (χ3v) is 6.14. The smallest absolute Gasteiger partial charge is 0.265 e. The van der Waals surface area contributed by atoms with Crippen molar-refractivity contribution in [2.24, 2.45) is 0 Å². The van der Waals surface area contributed by atoms with Crippen LogP contribution in [0.25, 0.3) is 0 Å². The molecular formula is C20H20N2O5S2. The number of thiophene rings is 1. The minimum Gasteiger partial charge on any atom is -0.495 e. The summed E-state index contributed by atoms with van der Waals surface area (Å²) in [6, 6.07) is 14.5. The molecule has 1 aromatic heterocycles. The van der Waals surface area contributed by atoms with E-state index in [9.17, 15) is 13.2 Å². The van der Waals surface area contributed by atoms with Gasteiger partial charge in [-0.1, -0.05) is 6.07 Å². The minimum absolute atomic E-state index is 0.0853. The molecule has 1 amide bonds. The molecule has 0 aliphatic rings. The van der Waals surface area contributed by atoms with Gasteiger partial charge in [0.1, 0.15) is 16.4 Å². The molecule has 0 aliphatic heterocycles. The monoisotopic (exact) mass is 432 g/mol. The first-order chi connectivity index (χ1) is 13.9. The van der Waals surface area contributed by atoms with Gasteiger partial charge < -0.3 is 14.8 Å². The topological polar surface area (TPSA) is 93.7 Å². The molecule has 29 heavy (non-hydrogen) atoms. The maximum Gasteiger partial charge on any atom is 0.265 e. The molecule has 0 atom stereocenters. The molecule has 3 aromatic rings. The van der Waals surface area contributed by atoms with Gasteiger partial charge in [-0.05, 0) is 60.8 Å². The first-order valence-electron chi connectivity index (χ1n) is 8.71. The maximum atomic E-state index is 12.9. The van der Waals surface area contributed by atoms with E-state index < -0.39 is 10.0 Å². The highest BCUT2D eigenvalue weighted by Gasteiger charge is 2.21. The van der Waals surface area contributed by atoms with Crippen molar-refractivity contribution >= 4 is 38.6 Å². The normalized spacial score (nSPS) is 11.0. The maximum absolute atomic E-state index is 12.9. The quantitative estimate of drug-likeness (QED) is 0.556. The SMILES string of the molecule is CCOc1ccc(NS(=O)(=O)c2cc(NC(=O)c3cccs3)ccc2OC)cc1. The summed E-state index contributed by atoms with van der Waals surface area (Å²) in [5.74, 6) is 0.497. The molecule has 0 unspecified atom stereocenters. The third-order valence-electron chi connectivity index (χ3n) is 3.87. The predicted octanol–water partition coefficient (Wildman–Crippen LogP) is 4.21. The Morgan fingerprint density at radius 2 is 1.79 bits per heavy atom. The summed E-state index contributed by atoms with van der Waals surface area (Å²) in [6.45, 7) is 2.39. The number of nitrogens with one attached hydrogen (secondary N) is 2. The average Bonchev–Trinajstić information content (AvgIpc) is 3.24. The van der Waals surface area contributed by atoms with Crippen LogP contribution < -0.4 is 19.5 Å². The highest BCUT2D eigenvalue weighted by atomic mass is 32.2. The van der Waals surface area contributed by atoms with Crippen molar-refractivity contribution in [2.75, 3.05) is 23.8 Å². The van der Waals surface area contributed by atoms with Crippen molar-refractivity contribution in [3.8, 4) is 11.5 Å². The van der Waals surface area contributed by atoms with E-state index in [1.165, 1.54) is 30.6 Å². The molecule has 7 nitrogen and oxygen atoms in total. The van der Waals surface area contributed by atoms with Gasteiger partial charge >= 0.3 is 0 Å². The fraction of sp³-hybridized carbons (Fsp3) is 0.150. The van der Waals surface area contributed by atoms with Crippen LogP contribution in [0.1, 0.15) is 16.6 Å². The van der Waals surface area contributed by atoms with Crippen LogP contribution in [-0.4, -0.2) is 28.0 Å². The van der Waals surface area contributed by atoms with Crippen LogP contribution in [-0.2, 0) is 10.0 Å². The second kappa shape index (κ2) is 8.97. The van der Waals surface area contributed by atoms with Gasteiger partial charge in [0.2, 0.25) is 0 Å². The fourth-order valence-electron chi connectivity index (χ4n) is 2.56. The zero-order valence-corrected chi connectivity index (χ0v) is 17.5. The molecule has 2 N–H and O–H groups in total. The summed E-state index contributed by atoms with van der Waals surface area (Å²) in [4.78, 5) is 12.7. The van der Waals surface area contributed by atoms with Crippen LogP contribution in [0, 0.1) is 0 Å². The molecule has 3 rings (SSSR count). The number of hydrogen-bond donors (Lipinski definition) is 2. The van der Waals surface area contributed by atoms with Crippen LogP contribution in [0.15, 0.2) is 64.9 Å². The number of sulfonamides is 1. The van der Waals surface area contributed by atoms with Gasteiger partial charge in [0, 0.05) is 11.4 Å². The fourth-order valence-corrected chi connectivity index (χ4v) is 4.43. The highest BCUT2D eigenvalue weighted by molar-refractivity contribution is 7.92. The molecule has 0 saturated heterocycles. The van der Waals surface area contributed by atoms with Crippen molar-refractivity contribution < 1.29 is 22.7 Å². The van der Waals surface area contributed by atoms with E-state index in [1.54, 1.807) is 47.8 Å². The first-order valence-corrected chi connectivity index (χ1v) is 11.1. The summed E-state index contributed by atoms with van der Waals surface area (Å²) in [5, 5.41) is 4.49. The first kappa shape index (κ1) is 20.7. The number of carbonyl (C=O) groups excluding carboxylic acids is 1. The standard InChI is InChI=1S/C20H20N2O5S2/c1-3-27-16-9-6-14(7-10-16)22-29(24,25)19-13-15(8-11-17(19)26-2)21-20(23)18-5-4-12-28-18/h4-13,22H,3H2,1-2H3,(H,21,23). The van der Waals surface area contributed by atoms with Crippen LogP contribution in [0.3, 0.4) is 0 Å². The number of anilines is 2. The number of ether oxygens (including phenoxy) is 2. The zero-order chi connectivity index (χ0) is 20.9. The molecule has 0 fully saturated rings. The molecule has 0 saturated carbocycles. The molecule has 0 aliphatic carbocycles. The molecule has 0 radical (unpaired) electrons. The second-order valence-corrected chi connectivity index (χ2v) is 8.46. The van der Waals surface area contributed by atoms with Crippen LogP contribution in [0.2, 0.25) is 0 Å². The summed E-state index contributed by atoms with van der Waals surface area (Å²) in [7, 11) is -2.57. The van der Waals surface area contributed by atoms with Gasteiger partial charge in [-0.2, -0.15) is 0 Å². The van der Waals surface area contributed by atoms with E-state index in [1.807, 2.05) is 6.92 Å². The molecule has 1 heterocycles. The predicted molar refractivity (Wildman–Crippen MR) is 114 cm³/mol. The molecule has 0 bridgehead atoms. The van der Waals surface area contributed by atoms with E-state index in [-0.39, 0.29) is 16.6 Å². The van der Waals surface area contributed by atoms with Crippen molar-refractivity contribution in [1.29, 1.82) is 0 Å². The van der Waals surface area contributed by atoms with Gasteiger partial charge in [-0.25, -0.2) is 8.42 Å². The number of methoxy groups -OCH3 is 1. The van der Waals surface area contributed by atoms with Crippen LogP contribution >= 0.6 is 11.3 Å². The lowest BCUT2D eigenvalue weighted by atomic mass is 10.3. The van der Waals surface area contributed by atoms with Crippen molar-refractivity contribution in [3.63, 3.8) is 0 Å². The van der Waals surface area contributed by atoms with E-state index in [0.717, 1.165) is 0 Å². The number of amides is 1. The van der Waals surface area contributed by atoms with Gasteiger partial charge in [-0.3, -0.25) is 9.52 Å². The number of carbonyl (C=O) groups is 1. The number of benzene rings is 2. The molecule has 0 spiro atoms. The number of hydrogen-bond acceptors (Lipinski definition) is 6. The molecule has 2 aromatic carbocycles. The van der Waals surface area contributed by atoms with Gasteiger partial charge in [-0.15, -0.1) is 11.3 Å². The summed E-state index contributed by atoms with van der Waals surface area (Å²) in [5.41, 5.74) is 0.722. The summed E-state index contributed by atoms with van der Waals surface area (Å²) < 4.78 is 38.9. The third kappa shape index (κ3) is 5.07. The average molecular weight is 433 g/mol. The Morgan fingerprint density at radius 1 is 1.07 bits per heavy atom. The Kier molecular flexibility index (Phi) is 6.40. The van der Waals surface area contributed by atoms with Crippen LogP contribution in [0.4, 0.5) is 11.4 Å². The lowest BCUT2D eigenvalue weighted by Crippen LogP contribution is -2.15. The van der Waals surface area contributed by atoms with E-state index in [4.69, 9.17) is 9.47 Å². The summed E-state index contributed by atoms with van der Waals surface area (Å²) in [6.07, 6.45) is 0. The van der Waals surface area contributed by atoms with Crippen molar-refractivity contribution in [3.05, 3.63) is 64.9 Å². The van der Waals surface area contributed by atoms with E-state index in [2.05, 4.69) is 10.0 Å². The summed E-state index contributed by atoms with van der Waals surface area (Å²) >= 11 is 1.30. The van der Waals surface area contributed by atoms with Crippen molar-refractivity contribution in [1.82, 2.24) is 0 Å². The van der Waals surface area contributed by atoms with Gasteiger partial charge in [0.05, 0.1) is 18.6 Å². The minimum atomic E-state index is -3.96. The van der Waals surface area contributed by atoms with Crippen molar-refractivity contribution in [2.45, 2.75) is 11.8 Å². The Morgan fingerprint density at radius 3 is 2.41 bits per heavy atom. The lowest BCUT2D eigenvalue weighted by molar-refractivity contribution is 0.103. The van der Waals surface area contributed by atoms with E-state index in [0.29, 0.717) is 28.6 Å². The molecule has 9 heteroatoms. The van der Waals surface area contributed by atoms with Gasteiger partial charge in [0.25, 0.3) is 15.9 Å². The Bertz CT molecular complexity index is 1080. The lowest BCUT2D eigenvalue weighted by Gasteiger charge is -2.14. The Labute approximate surface area is 173 Å². The Hall–Kier alpha value is -3.04. The molecule has 152 valence electrons. The molecular weight excluding hydrogens is 412 g/mol. The highest BCUT2D eigenvalue weighted by Crippen LogP contribution is 2.29. The zero-order valence-electron chi connectivity index (χ0n) is 15.8. The number of rotatable bonds is 8.